The predicted molar refractivity (Wildman–Crippen MR) is 127 cm³/mol. The smallest absolute Gasteiger partial charge is 0.227 e. The molecule has 1 amide bonds. The van der Waals surface area contributed by atoms with Crippen LogP contribution >= 0.6 is 0 Å². The molecule has 0 N–H and O–H groups in total. The molecule has 2 heterocycles. The van der Waals surface area contributed by atoms with Crippen LogP contribution in [0.25, 0.3) is 11.1 Å². The maximum atomic E-state index is 13.4. The van der Waals surface area contributed by atoms with Gasteiger partial charge in [-0.2, -0.15) is 0 Å². The quantitative estimate of drug-likeness (QED) is 0.562. The van der Waals surface area contributed by atoms with Gasteiger partial charge in [0.15, 0.2) is 0 Å². The molecule has 0 saturated carbocycles. The summed E-state index contributed by atoms with van der Waals surface area (Å²) in [4.78, 5) is 22.0. The Morgan fingerprint density at radius 1 is 0.969 bits per heavy atom. The minimum atomic E-state index is -0.0878. The Hall–Kier alpha value is -3.18. The Labute approximate surface area is 190 Å². The molecule has 0 unspecified atom stereocenters. The number of aromatic nitrogens is 1. The van der Waals surface area contributed by atoms with E-state index in [4.69, 9.17) is 4.74 Å². The van der Waals surface area contributed by atoms with Crippen molar-refractivity contribution in [3.63, 3.8) is 0 Å². The van der Waals surface area contributed by atoms with Crippen molar-refractivity contribution < 1.29 is 9.53 Å². The van der Waals surface area contributed by atoms with E-state index in [2.05, 4.69) is 47.1 Å². The molecular formula is C27H31N3O2. The van der Waals surface area contributed by atoms with Crippen molar-refractivity contribution in [2.75, 3.05) is 33.3 Å². The van der Waals surface area contributed by atoms with E-state index in [1.165, 1.54) is 11.1 Å². The molecular weight excluding hydrogens is 398 g/mol. The second kappa shape index (κ2) is 10.4. The summed E-state index contributed by atoms with van der Waals surface area (Å²) in [6.45, 7) is 5.93. The van der Waals surface area contributed by atoms with Crippen LogP contribution in [0.2, 0.25) is 0 Å². The fraction of sp³-hybridized carbons (Fsp3) is 0.333. The Balaban J connectivity index is 1.60. The molecule has 32 heavy (non-hydrogen) atoms. The molecule has 1 fully saturated rings. The first-order valence-corrected chi connectivity index (χ1v) is 11.3. The summed E-state index contributed by atoms with van der Waals surface area (Å²) >= 11 is 0. The minimum Gasteiger partial charge on any atom is -0.496 e. The highest BCUT2D eigenvalue weighted by molar-refractivity contribution is 5.80. The number of carbonyl (C=O) groups excluding carboxylic acids is 1. The van der Waals surface area contributed by atoms with Crippen molar-refractivity contribution in [1.29, 1.82) is 0 Å². The van der Waals surface area contributed by atoms with Crippen LogP contribution in [0.3, 0.4) is 0 Å². The van der Waals surface area contributed by atoms with E-state index in [9.17, 15) is 4.79 Å². The minimum absolute atomic E-state index is 0.0878. The lowest BCUT2D eigenvalue weighted by atomic mass is 9.91. The third-order valence-corrected chi connectivity index (χ3v) is 6.27. The van der Waals surface area contributed by atoms with Gasteiger partial charge in [-0.05, 0) is 48.2 Å². The Morgan fingerprint density at radius 2 is 1.69 bits per heavy atom. The lowest BCUT2D eigenvalue weighted by Crippen LogP contribution is -2.37. The van der Waals surface area contributed by atoms with Gasteiger partial charge in [-0.15, -0.1) is 0 Å². The van der Waals surface area contributed by atoms with Crippen molar-refractivity contribution in [2.45, 2.75) is 19.9 Å². The van der Waals surface area contributed by atoms with Crippen molar-refractivity contribution >= 4 is 5.91 Å². The number of carbonyl (C=O) groups is 1. The van der Waals surface area contributed by atoms with Crippen molar-refractivity contribution in [3.05, 3.63) is 84.2 Å². The molecule has 1 saturated heterocycles. The highest BCUT2D eigenvalue weighted by atomic mass is 16.5. The Bertz CT molecular complexity index is 1040. The number of hydrogen-bond donors (Lipinski definition) is 0. The lowest BCUT2D eigenvalue weighted by molar-refractivity contribution is -0.134. The maximum absolute atomic E-state index is 13.4. The second-order valence-corrected chi connectivity index (χ2v) is 8.26. The van der Waals surface area contributed by atoms with Crippen molar-refractivity contribution in [1.82, 2.24) is 14.8 Å². The maximum Gasteiger partial charge on any atom is 0.227 e. The summed E-state index contributed by atoms with van der Waals surface area (Å²) in [6.07, 6.45) is 4.35. The van der Waals surface area contributed by atoms with Crippen molar-refractivity contribution in [3.8, 4) is 16.9 Å². The molecule has 1 aliphatic heterocycles. The Kier molecular flexibility index (Phi) is 7.17. The van der Waals surface area contributed by atoms with Gasteiger partial charge in [0.2, 0.25) is 5.91 Å². The van der Waals surface area contributed by atoms with Gasteiger partial charge in [-0.1, -0.05) is 42.5 Å². The first-order valence-electron chi connectivity index (χ1n) is 11.3. The van der Waals surface area contributed by atoms with Gasteiger partial charge >= 0.3 is 0 Å². The normalized spacial score (nSPS) is 17.2. The van der Waals surface area contributed by atoms with Crippen LogP contribution in [0.15, 0.2) is 73.1 Å². The number of rotatable bonds is 7. The van der Waals surface area contributed by atoms with E-state index in [1.807, 2.05) is 47.6 Å². The first-order chi connectivity index (χ1) is 15.7. The number of pyridine rings is 1. The molecule has 1 atom stereocenters. The number of benzene rings is 2. The Morgan fingerprint density at radius 3 is 2.44 bits per heavy atom. The average Bonchev–Trinajstić information content (AvgIpc) is 2.98. The van der Waals surface area contributed by atoms with Gasteiger partial charge in [0.1, 0.15) is 5.75 Å². The summed E-state index contributed by atoms with van der Waals surface area (Å²) in [5.74, 6) is 1.06. The number of ether oxygens (including phenoxy) is 1. The molecule has 0 bridgehead atoms. The fourth-order valence-electron chi connectivity index (χ4n) is 4.57. The standard InChI is InChI=1S/C27H31N3O2/c1-3-30-17-16-29(19-23-9-5-7-11-26(23)32-2)20-24(27(30)31)18-22-8-4-6-10-25(22)21-12-14-28-15-13-21/h4-15,24H,3,16-20H2,1-2H3/t24-/m1/s1. The number of para-hydroxylation sites is 1. The molecule has 3 aromatic rings. The zero-order chi connectivity index (χ0) is 22.3. The van der Waals surface area contributed by atoms with Gasteiger partial charge in [0.25, 0.3) is 0 Å². The zero-order valence-electron chi connectivity index (χ0n) is 18.9. The lowest BCUT2D eigenvalue weighted by Gasteiger charge is -2.25. The van der Waals surface area contributed by atoms with E-state index in [0.29, 0.717) is 0 Å². The predicted octanol–water partition coefficient (Wildman–Crippen LogP) is 4.28. The highest BCUT2D eigenvalue weighted by Gasteiger charge is 2.30. The van der Waals surface area contributed by atoms with Gasteiger partial charge in [-0.25, -0.2) is 0 Å². The average molecular weight is 430 g/mol. The van der Waals surface area contributed by atoms with Gasteiger partial charge in [-0.3, -0.25) is 14.7 Å². The SMILES string of the molecule is CCN1CCN(Cc2ccccc2OC)C[C@@H](Cc2ccccc2-c2ccncc2)C1=O. The van der Waals surface area contributed by atoms with Crippen LogP contribution in [0.4, 0.5) is 0 Å². The molecule has 4 rings (SSSR count). The van der Waals surface area contributed by atoms with Gasteiger partial charge < -0.3 is 9.64 Å². The van der Waals surface area contributed by atoms with Crippen LogP contribution in [0.5, 0.6) is 5.75 Å². The van der Waals surface area contributed by atoms with Crippen LogP contribution in [-0.2, 0) is 17.8 Å². The number of nitrogens with zero attached hydrogens (tertiary/aromatic N) is 3. The third kappa shape index (κ3) is 5.00. The first kappa shape index (κ1) is 22.0. The molecule has 0 aliphatic carbocycles. The summed E-state index contributed by atoms with van der Waals surface area (Å²) < 4.78 is 5.56. The molecule has 166 valence electrons. The van der Waals surface area contributed by atoms with Crippen molar-refractivity contribution in [2.24, 2.45) is 5.92 Å². The van der Waals surface area contributed by atoms with Gasteiger partial charge in [0.05, 0.1) is 13.0 Å². The number of hydrogen-bond acceptors (Lipinski definition) is 4. The molecule has 2 aromatic carbocycles. The summed E-state index contributed by atoms with van der Waals surface area (Å²) in [7, 11) is 1.71. The monoisotopic (exact) mass is 429 g/mol. The molecule has 1 aliphatic rings. The molecule has 5 heteroatoms. The summed E-state index contributed by atoms with van der Waals surface area (Å²) in [6, 6.07) is 20.6. The largest absolute Gasteiger partial charge is 0.496 e. The summed E-state index contributed by atoms with van der Waals surface area (Å²) in [5.41, 5.74) is 4.66. The van der Waals surface area contributed by atoms with Gasteiger partial charge in [0, 0.05) is 50.7 Å². The van der Waals surface area contributed by atoms with Crippen LogP contribution in [0, 0.1) is 5.92 Å². The van der Waals surface area contributed by atoms with E-state index < -0.39 is 0 Å². The zero-order valence-corrected chi connectivity index (χ0v) is 18.9. The van der Waals surface area contributed by atoms with E-state index in [1.54, 1.807) is 7.11 Å². The third-order valence-electron chi connectivity index (χ3n) is 6.27. The molecule has 5 nitrogen and oxygen atoms in total. The molecule has 0 spiro atoms. The fourth-order valence-corrected chi connectivity index (χ4v) is 4.57. The number of amides is 1. The van der Waals surface area contributed by atoms with E-state index >= 15 is 0 Å². The van der Waals surface area contributed by atoms with E-state index in [-0.39, 0.29) is 11.8 Å². The second-order valence-electron chi connectivity index (χ2n) is 8.26. The van der Waals surface area contributed by atoms with Crippen LogP contribution < -0.4 is 4.74 Å². The van der Waals surface area contributed by atoms with Crippen LogP contribution in [-0.4, -0.2) is 54.0 Å². The topological polar surface area (TPSA) is 45.7 Å². The molecule has 0 radical (unpaired) electrons. The number of likely N-dealkylation sites (N-methyl/N-ethyl adjacent to an activating group) is 1. The molecule has 1 aromatic heterocycles. The van der Waals surface area contributed by atoms with Crippen LogP contribution in [0.1, 0.15) is 18.1 Å². The van der Waals surface area contributed by atoms with E-state index in [0.717, 1.165) is 56.0 Å². The summed E-state index contributed by atoms with van der Waals surface area (Å²) in [5, 5.41) is 0. The highest BCUT2D eigenvalue weighted by Crippen LogP contribution is 2.28. The number of methoxy groups -OCH3 is 1.